The maximum Gasteiger partial charge on any atom is 0.241 e. The summed E-state index contributed by atoms with van der Waals surface area (Å²) in [6, 6.07) is 3.21. The molecule has 0 aromatic heterocycles. The first-order valence-electron chi connectivity index (χ1n) is 6.73. The fraction of sp³-hybridized carbons (Fsp3) is 0.571. The fourth-order valence-corrected chi connectivity index (χ4v) is 4.04. The van der Waals surface area contributed by atoms with Crippen molar-refractivity contribution in [2.75, 3.05) is 13.7 Å². The normalized spacial score (nSPS) is 13.2. The van der Waals surface area contributed by atoms with Gasteiger partial charge in [0.15, 0.2) is 0 Å². The molecular weight excluding hydrogens is 276 g/mol. The molecule has 6 heteroatoms. The van der Waals surface area contributed by atoms with Crippen LogP contribution >= 0.6 is 0 Å². The molecule has 0 bridgehead atoms. The molecule has 1 atom stereocenters. The fourth-order valence-electron chi connectivity index (χ4n) is 2.30. The van der Waals surface area contributed by atoms with Gasteiger partial charge >= 0.3 is 0 Å². The minimum atomic E-state index is -3.57. The van der Waals surface area contributed by atoms with Crippen molar-refractivity contribution in [2.24, 2.45) is 5.73 Å². The van der Waals surface area contributed by atoms with E-state index in [-0.39, 0.29) is 6.04 Å². The van der Waals surface area contributed by atoms with Gasteiger partial charge in [-0.3, -0.25) is 0 Å². The second-order valence-electron chi connectivity index (χ2n) is 4.93. The molecular formula is C14H24N2O3S. The molecule has 5 nitrogen and oxygen atoms in total. The third-order valence-corrected chi connectivity index (χ3v) is 5.01. The van der Waals surface area contributed by atoms with E-state index in [1.807, 2.05) is 6.92 Å². The number of methoxy groups -OCH3 is 1. The van der Waals surface area contributed by atoms with E-state index >= 15 is 0 Å². The van der Waals surface area contributed by atoms with Crippen LogP contribution in [0.2, 0.25) is 0 Å². The molecule has 3 N–H and O–H groups in total. The SMILES string of the molecule is CCCC(CN)NS(=O)(=O)c1c(C)cc(OC)cc1C. The van der Waals surface area contributed by atoms with Gasteiger partial charge in [0.05, 0.1) is 12.0 Å². The molecule has 1 aromatic rings. The second kappa shape index (κ2) is 7.06. The third kappa shape index (κ3) is 3.94. The van der Waals surface area contributed by atoms with Crippen molar-refractivity contribution in [1.82, 2.24) is 4.72 Å². The van der Waals surface area contributed by atoms with E-state index in [2.05, 4.69) is 4.72 Å². The Balaban J connectivity index is 3.15. The summed E-state index contributed by atoms with van der Waals surface area (Å²) in [7, 11) is -2.00. The van der Waals surface area contributed by atoms with Gasteiger partial charge in [0.25, 0.3) is 0 Å². The van der Waals surface area contributed by atoms with Gasteiger partial charge < -0.3 is 10.5 Å². The highest BCUT2D eigenvalue weighted by molar-refractivity contribution is 7.89. The molecule has 0 amide bonds. The summed E-state index contributed by atoms with van der Waals surface area (Å²) in [5, 5.41) is 0. The molecule has 0 radical (unpaired) electrons. The first-order chi connectivity index (χ1) is 9.35. The summed E-state index contributed by atoms with van der Waals surface area (Å²) < 4.78 is 32.9. The van der Waals surface area contributed by atoms with Gasteiger partial charge in [-0.1, -0.05) is 13.3 Å². The Hall–Kier alpha value is -1.11. The molecule has 0 spiro atoms. The van der Waals surface area contributed by atoms with Crippen molar-refractivity contribution < 1.29 is 13.2 Å². The lowest BCUT2D eigenvalue weighted by Gasteiger charge is -2.19. The van der Waals surface area contributed by atoms with Gasteiger partial charge in [-0.2, -0.15) is 0 Å². The van der Waals surface area contributed by atoms with E-state index in [1.54, 1.807) is 33.1 Å². The number of rotatable bonds is 7. The van der Waals surface area contributed by atoms with E-state index in [0.717, 1.165) is 12.8 Å². The summed E-state index contributed by atoms with van der Waals surface area (Å²) in [6.45, 7) is 5.82. The standard InChI is InChI=1S/C14H24N2O3S/c1-5-6-12(9-15)16-20(17,18)14-10(2)7-13(19-4)8-11(14)3/h7-8,12,16H,5-6,9,15H2,1-4H3. The highest BCUT2D eigenvalue weighted by atomic mass is 32.2. The lowest BCUT2D eigenvalue weighted by molar-refractivity contribution is 0.413. The van der Waals surface area contributed by atoms with Crippen LogP contribution in [0.1, 0.15) is 30.9 Å². The zero-order chi connectivity index (χ0) is 15.3. The van der Waals surface area contributed by atoms with Gasteiger partial charge in [-0.05, 0) is 43.5 Å². The number of benzene rings is 1. The maximum absolute atomic E-state index is 12.5. The van der Waals surface area contributed by atoms with Crippen molar-refractivity contribution in [1.29, 1.82) is 0 Å². The first kappa shape index (κ1) is 16.9. The molecule has 0 aliphatic rings. The predicted molar refractivity (Wildman–Crippen MR) is 80.5 cm³/mol. The van der Waals surface area contributed by atoms with Crippen LogP contribution in [0, 0.1) is 13.8 Å². The van der Waals surface area contributed by atoms with E-state index in [0.29, 0.717) is 28.3 Å². The maximum atomic E-state index is 12.5. The Labute approximate surface area is 121 Å². The highest BCUT2D eigenvalue weighted by Crippen LogP contribution is 2.25. The quantitative estimate of drug-likeness (QED) is 0.803. The smallest absolute Gasteiger partial charge is 0.241 e. The number of ether oxygens (including phenoxy) is 1. The van der Waals surface area contributed by atoms with E-state index < -0.39 is 10.0 Å². The van der Waals surface area contributed by atoms with E-state index in [1.165, 1.54) is 0 Å². The predicted octanol–water partition coefficient (Wildman–Crippen LogP) is 1.72. The van der Waals surface area contributed by atoms with Crippen LogP contribution in [0.3, 0.4) is 0 Å². The number of hydrogen-bond donors (Lipinski definition) is 2. The van der Waals surface area contributed by atoms with Crippen LogP contribution < -0.4 is 15.2 Å². The Morgan fingerprint density at radius 3 is 2.25 bits per heavy atom. The van der Waals surface area contributed by atoms with Gasteiger partial charge in [-0.25, -0.2) is 13.1 Å². The molecule has 114 valence electrons. The summed E-state index contributed by atoms with van der Waals surface area (Å²) in [5.74, 6) is 0.655. The average Bonchev–Trinajstić information content (AvgIpc) is 2.36. The zero-order valence-electron chi connectivity index (χ0n) is 12.6. The second-order valence-corrected chi connectivity index (χ2v) is 6.58. The molecule has 1 aromatic carbocycles. The number of hydrogen-bond acceptors (Lipinski definition) is 4. The Morgan fingerprint density at radius 1 is 1.30 bits per heavy atom. The van der Waals surface area contributed by atoms with Gasteiger partial charge in [0.1, 0.15) is 5.75 Å². The minimum absolute atomic E-state index is 0.231. The van der Waals surface area contributed by atoms with Crippen molar-refractivity contribution in [2.45, 2.75) is 44.6 Å². The lowest BCUT2D eigenvalue weighted by Crippen LogP contribution is -2.40. The summed E-state index contributed by atoms with van der Waals surface area (Å²) in [5.41, 5.74) is 6.96. The molecule has 0 fully saturated rings. The van der Waals surface area contributed by atoms with Crippen LogP contribution in [-0.4, -0.2) is 28.1 Å². The van der Waals surface area contributed by atoms with E-state index in [9.17, 15) is 8.42 Å². The largest absolute Gasteiger partial charge is 0.497 e. The van der Waals surface area contributed by atoms with Crippen molar-refractivity contribution in [3.63, 3.8) is 0 Å². The highest BCUT2D eigenvalue weighted by Gasteiger charge is 2.23. The van der Waals surface area contributed by atoms with E-state index in [4.69, 9.17) is 10.5 Å². The molecule has 1 unspecified atom stereocenters. The van der Waals surface area contributed by atoms with Crippen LogP contribution in [-0.2, 0) is 10.0 Å². The molecule has 0 saturated carbocycles. The molecule has 0 aliphatic heterocycles. The number of aryl methyl sites for hydroxylation is 2. The topological polar surface area (TPSA) is 81.4 Å². The monoisotopic (exact) mass is 300 g/mol. The van der Waals surface area contributed by atoms with Crippen LogP contribution in [0.15, 0.2) is 17.0 Å². The Bertz CT molecular complexity index is 533. The Kier molecular flexibility index (Phi) is 5.98. The number of nitrogens with two attached hydrogens (primary N) is 1. The van der Waals surface area contributed by atoms with Gasteiger partial charge in [-0.15, -0.1) is 0 Å². The van der Waals surface area contributed by atoms with Gasteiger partial charge in [0, 0.05) is 12.6 Å². The van der Waals surface area contributed by atoms with Crippen LogP contribution in [0.4, 0.5) is 0 Å². The zero-order valence-corrected chi connectivity index (χ0v) is 13.4. The molecule has 0 heterocycles. The molecule has 20 heavy (non-hydrogen) atoms. The summed E-state index contributed by atoms with van der Waals surface area (Å²) in [6.07, 6.45) is 1.61. The lowest BCUT2D eigenvalue weighted by atomic mass is 10.1. The van der Waals surface area contributed by atoms with Crippen molar-refractivity contribution >= 4 is 10.0 Å². The summed E-state index contributed by atoms with van der Waals surface area (Å²) in [4.78, 5) is 0.313. The Morgan fingerprint density at radius 2 is 1.85 bits per heavy atom. The molecule has 0 saturated heterocycles. The molecule has 1 rings (SSSR count). The third-order valence-electron chi connectivity index (χ3n) is 3.18. The van der Waals surface area contributed by atoms with Crippen molar-refractivity contribution in [3.8, 4) is 5.75 Å². The van der Waals surface area contributed by atoms with Crippen LogP contribution in [0.5, 0.6) is 5.75 Å². The average molecular weight is 300 g/mol. The number of sulfonamides is 1. The molecule has 0 aliphatic carbocycles. The van der Waals surface area contributed by atoms with Gasteiger partial charge in [0.2, 0.25) is 10.0 Å². The van der Waals surface area contributed by atoms with Crippen molar-refractivity contribution in [3.05, 3.63) is 23.3 Å². The minimum Gasteiger partial charge on any atom is -0.497 e. The summed E-state index contributed by atoms with van der Waals surface area (Å²) >= 11 is 0. The van der Waals surface area contributed by atoms with Crippen LogP contribution in [0.25, 0.3) is 0 Å². The first-order valence-corrected chi connectivity index (χ1v) is 8.21. The number of nitrogens with one attached hydrogen (secondary N) is 1.